The van der Waals surface area contributed by atoms with Crippen LogP contribution in [0.25, 0.3) is 0 Å². The number of halogens is 1. The molecule has 0 atom stereocenters. The maximum atomic E-state index is 12.3. The summed E-state index contributed by atoms with van der Waals surface area (Å²) in [6.45, 7) is 6.31. The molecule has 1 saturated heterocycles. The fourth-order valence-corrected chi connectivity index (χ4v) is 2.65. The van der Waals surface area contributed by atoms with Gasteiger partial charge in [0.25, 0.3) is 5.91 Å². The van der Waals surface area contributed by atoms with Crippen LogP contribution in [0.1, 0.15) is 20.3 Å². The highest BCUT2D eigenvalue weighted by atomic mass is 35.5. The van der Waals surface area contributed by atoms with Crippen molar-refractivity contribution in [2.45, 2.75) is 20.3 Å². The Bertz CT molecular complexity index is 545. The number of hydrogen-bond donors (Lipinski definition) is 0. The summed E-state index contributed by atoms with van der Waals surface area (Å²) in [5.74, 6) is 0.704. The summed E-state index contributed by atoms with van der Waals surface area (Å²) in [6, 6.07) is 6.92. The van der Waals surface area contributed by atoms with Gasteiger partial charge in [0.1, 0.15) is 5.75 Å². The molecule has 126 valence electrons. The number of carbonyl (C=O) groups is 2. The fraction of sp³-hybridized carbons (Fsp3) is 0.529. The molecule has 0 unspecified atom stereocenters. The number of ether oxygens (including phenoxy) is 1. The quantitative estimate of drug-likeness (QED) is 0.847. The zero-order valence-electron chi connectivity index (χ0n) is 13.6. The van der Waals surface area contributed by atoms with Crippen molar-refractivity contribution < 1.29 is 14.3 Å². The number of nitrogens with zero attached hydrogens (tertiary/aromatic N) is 2. The Labute approximate surface area is 142 Å². The van der Waals surface area contributed by atoms with Gasteiger partial charge < -0.3 is 14.5 Å². The highest BCUT2D eigenvalue weighted by Crippen LogP contribution is 2.15. The monoisotopic (exact) mass is 338 g/mol. The second kappa shape index (κ2) is 8.20. The smallest absolute Gasteiger partial charge is 0.260 e. The van der Waals surface area contributed by atoms with Gasteiger partial charge in [-0.2, -0.15) is 0 Å². The van der Waals surface area contributed by atoms with E-state index in [4.69, 9.17) is 16.3 Å². The van der Waals surface area contributed by atoms with Crippen LogP contribution in [0.3, 0.4) is 0 Å². The van der Waals surface area contributed by atoms with Crippen LogP contribution in [0, 0.1) is 5.92 Å². The predicted octanol–water partition coefficient (Wildman–Crippen LogP) is 2.44. The number of benzene rings is 1. The van der Waals surface area contributed by atoms with E-state index >= 15 is 0 Å². The molecule has 1 aliphatic rings. The number of rotatable bonds is 4. The predicted molar refractivity (Wildman–Crippen MR) is 89.6 cm³/mol. The van der Waals surface area contributed by atoms with E-state index in [0.29, 0.717) is 37.0 Å². The molecule has 2 amide bonds. The van der Waals surface area contributed by atoms with Gasteiger partial charge in [0, 0.05) is 37.1 Å². The molecule has 23 heavy (non-hydrogen) atoms. The van der Waals surface area contributed by atoms with Crippen LogP contribution in [0.4, 0.5) is 0 Å². The van der Waals surface area contributed by atoms with Gasteiger partial charge >= 0.3 is 0 Å². The molecule has 5 nitrogen and oxygen atoms in total. The number of carbonyl (C=O) groups excluding carboxylic acids is 2. The molecule has 0 aromatic heterocycles. The molecule has 0 radical (unpaired) electrons. The highest BCUT2D eigenvalue weighted by molar-refractivity contribution is 6.30. The zero-order chi connectivity index (χ0) is 16.8. The Morgan fingerprint density at radius 2 is 1.70 bits per heavy atom. The Morgan fingerprint density at radius 1 is 1.09 bits per heavy atom. The van der Waals surface area contributed by atoms with Gasteiger partial charge in [-0.05, 0) is 30.7 Å². The number of amides is 2. The van der Waals surface area contributed by atoms with E-state index in [1.165, 1.54) is 0 Å². The van der Waals surface area contributed by atoms with E-state index < -0.39 is 0 Å². The minimum Gasteiger partial charge on any atom is -0.484 e. The summed E-state index contributed by atoms with van der Waals surface area (Å²) in [5.41, 5.74) is 0. The first-order chi connectivity index (χ1) is 11.0. The maximum absolute atomic E-state index is 12.3. The fourth-order valence-electron chi connectivity index (χ4n) is 2.52. The SMILES string of the molecule is CC(C)C(=O)N1CCCN(C(=O)COc2ccc(Cl)cc2)CC1. The van der Waals surface area contributed by atoms with Crippen molar-refractivity contribution >= 4 is 23.4 Å². The lowest BCUT2D eigenvalue weighted by atomic mass is 10.2. The first-order valence-corrected chi connectivity index (χ1v) is 8.30. The van der Waals surface area contributed by atoms with Gasteiger partial charge in [0.15, 0.2) is 6.61 Å². The maximum Gasteiger partial charge on any atom is 0.260 e. The van der Waals surface area contributed by atoms with Crippen LogP contribution in [-0.2, 0) is 9.59 Å². The molecule has 6 heteroatoms. The summed E-state index contributed by atoms with van der Waals surface area (Å²) >= 11 is 5.81. The third-order valence-corrected chi connectivity index (χ3v) is 4.08. The molecule has 0 spiro atoms. The first-order valence-electron chi connectivity index (χ1n) is 7.92. The van der Waals surface area contributed by atoms with E-state index in [1.807, 2.05) is 18.7 Å². The molecule has 1 heterocycles. The Hall–Kier alpha value is -1.75. The average molecular weight is 339 g/mol. The van der Waals surface area contributed by atoms with Gasteiger partial charge in [0.2, 0.25) is 5.91 Å². The van der Waals surface area contributed by atoms with Crippen LogP contribution in [0.2, 0.25) is 5.02 Å². The largest absolute Gasteiger partial charge is 0.484 e. The van der Waals surface area contributed by atoms with Crippen LogP contribution >= 0.6 is 11.6 Å². The molecular formula is C17H23ClN2O3. The van der Waals surface area contributed by atoms with E-state index in [-0.39, 0.29) is 24.3 Å². The van der Waals surface area contributed by atoms with Crippen molar-refractivity contribution in [2.24, 2.45) is 5.92 Å². The first kappa shape index (κ1) is 17.6. The molecule has 1 aromatic rings. The molecule has 1 fully saturated rings. The molecule has 2 rings (SSSR count). The lowest BCUT2D eigenvalue weighted by Gasteiger charge is -2.23. The van der Waals surface area contributed by atoms with Crippen LogP contribution in [0.5, 0.6) is 5.75 Å². The highest BCUT2D eigenvalue weighted by Gasteiger charge is 2.23. The van der Waals surface area contributed by atoms with Gasteiger partial charge in [-0.1, -0.05) is 25.4 Å². The molecular weight excluding hydrogens is 316 g/mol. The van der Waals surface area contributed by atoms with Crippen LogP contribution < -0.4 is 4.74 Å². The molecule has 1 aromatic carbocycles. The standard InChI is InChI=1S/C17H23ClN2O3/c1-13(2)17(22)20-9-3-8-19(10-11-20)16(21)12-23-15-6-4-14(18)5-7-15/h4-7,13H,3,8-12H2,1-2H3. The molecule has 0 N–H and O–H groups in total. The Morgan fingerprint density at radius 3 is 2.35 bits per heavy atom. The summed E-state index contributed by atoms with van der Waals surface area (Å²) in [7, 11) is 0. The van der Waals surface area contributed by atoms with Gasteiger partial charge in [-0.25, -0.2) is 0 Å². The zero-order valence-corrected chi connectivity index (χ0v) is 14.4. The second-order valence-electron chi connectivity index (χ2n) is 5.96. The van der Waals surface area contributed by atoms with E-state index in [9.17, 15) is 9.59 Å². The Kier molecular flexibility index (Phi) is 6.28. The topological polar surface area (TPSA) is 49.9 Å². The van der Waals surface area contributed by atoms with Crippen LogP contribution in [-0.4, -0.2) is 54.4 Å². The minimum absolute atomic E-state index is 0.000239. The van der Waals surface area contributed by atoms with Gasteiger partial charge in [-0.3, -0.25) is 9.59 Å². The molecule has 0 saturated carbocycles. The van der Waals surface area contributed by atoms with E-state index in [2.05, 4.69) is 0 Å². The number of hydrogen-bond acceptors (Lipinski definition) is 3. The summed E-state index contributed by atoms with van der Waals surface area (Å²) in [5, 5.41) is 0.631. The van der Waals surface area contributed by atoms with Crippen LogP contribution in [0.15, 0.2) is 24.3 Å². The Balaban J connectivity index is 1.83. The molecule has 0 bridgehead atoms. The summed E-state index contributed by atoms with van der Waals surface area (Å²) in [6.07, 6.45) is 0.797. The van der Waals surface area contributed by atoms with Crippen molar-refractivity contribution in [2.75, 3.05) is 32.8 Å². The average Bonchev–Trinajstić information content (AvgIpc) is 2.79. The van der Waals surface area contributed by atoms with Crippen molar-refractivity contribution in [3.05, 3.63) is 29.3 Å². The van der Waals surface area contributed by atoms with Gasteiger partial charge in [-0.15, -0.1) is 0 Å². The lowest BCUT2D eigenvalue weighted by Crippen LogP contribution is -2.40. The van der Waals surface area contributed by atoms with Crippen molar-refractivity contribution in [3.63, 3.8) is 0 Å². The minimum atomic E-state index is -0.0567. The second-order valence-corrected chi connectivity index (χ2v) is 6.39. The third-order valence-electron chi connectivity index (χ3n) is 3.83. The summed E-state index contributed by atoms with van der Waals surface area (Å²) < 4.78 is 5.50. The van der Waals surface area contributed by atoms with Crippen molar-refractivity contribution in [3.8, 4) is 5.75 Å². The lowest BCUT2D eigenvalue weighted by molar-refractivity contribution is -0.136. The third kappa shape index (κ3) is 5.13. The van der Waals surface area contributed by atoms with Crippen molar-refractivity contribution in [1.82, 2.24) is 9.80 Å². The molecule has 1 aliphatic heterocycles. The normalized spacial score (nSPS) is 15.5. The van der Waals surface area contributed by atoms with Crippen molar-refractivity contribution in [1.29, 1.82) is 0 Å². The van der Waals surface area contributed by atoms with Gasteiger partial charge in [0.05, 0.1) is 0 Å². The molecule has 0 aliphatic carbocycles. The van der Waals surface area contributed by atoms with E-state index in [1.54, 1.807) is 29.2 Å². The van der Waals surface area contributed by atoms with E-state index in [0.717, 1.165) is 6.42 Å². The summed E-state index contributed by atoms with van der Waals surface area (Å²) in [4.78, 5) is 27.9.